The van der Waals surface area contributed by atoms with Gasteiger partial charge in [0, 0.05) is 13.1 Å². The van der Waals surface area contributed by atoms with Gasteiger partial charge in [-0.15, -0.1) is 0 Å². The Kier molecular flexibility index (Phi) is 5.27. The highest BCUT2D eigenvalue weighted by molar-refractivity contribution is 5.40. The number of H-pyrrole nitrogens is 1. The SMILES string of the molecule is O=c1cnn(CCCCNCC2COc3ccccc3O2)c(=O)[nH]1. The molecule has 2 N–H and O–H groups in total. The fourth-order valence-electron chi connectivity index (χ4n) is 2.47. The zero-order chi connectivity index (χ0) is 16.8. The van der Waals surface area contributed by atoms with Crippen LogP contribution in [0.15, 0.2) is 40.1 Å². The number of nitrogens with zero attached hydrogens (tertiary/aromatic N) is 2. The molecule has 0 amide bonds. The van der Waals surface area contributed by atoms with E-state index >= 15 is 0 Å². The predicted octanol–water partition coefficient (Wildman–Crippen LogP) is 0.141. The van der Waals surface area contributed by atoms with Crippen molar-refractivity contribution in [2.45, 2.75) is 25.5 Å². The number of para-hydroxylation sites is 2. The summed E-state index contributed by atoms with van der Waals surface area (Å²) in [6.45, 7) is 2.51. The van der Waals surface area contributed by atoms with Gasteiger partial charge in [0.1, 0.15) is 18.9 Å². The smallest absolute Gasteiger partial charge is 0.344 e. The van der Waals surface area contributed by atoms with Gasteiger partial charge in [-0.05, 0) is 31.5 Å². The minimum absolute atomic E-state index is 0.0108. The Morgan fingerprint density at radius 2 is 2.08 bits per heavy atom. The van der Waals surface area contributed by atoms with E-state index < -0.39 is 11.2 Å². The Morgan fingerprint density at radius 3 is 2.92 bits per heavy atom. The molecule has 1 aromatic heterocycles. The number of unbranched alkanes of at least 4 members (excludes halogenated alkanes) is 1. The van der Waals surface area contributed by atoms with Crippen LogP contribution in [0.4, 0.5) is 0 Å². The summed E-state index contributed by atoms with van der Waals surface area (Å²) in [5.41, 5.74) is -0.948. The molecule has 1 aliphatic heterocycles. The van der Waals surface area contributed by atoms with Crippen molar-refractivity contribution in [3.8, 4) is 11.5 Å². The summed E-state index contributed by atoms with van der Waals surface area (Å²) in [6.07, 6.45) is 2.77. The fraction of sp³-hybridized carbons (Fsp3) is 0.438. The third-order valence-electron chi connectivity index (χ3n) is 3.69. The third-order valence-corrected chi connectivity index (χ3v) is 3.69. The first kappa shape index (κ1) is 16.3. The number of aryl methyl sites for hydroxylation is 1. The average Bonchev–Trinajstić information content (AvgIpc) is 2.59. The van der Waals surface area contributed by atoms with Crippen LogP contribution < -0.4 is 26.0 Å². The van der Waals surface area contributed by atoms with Crippen molar-refractivity contribution >= 4 is 0 Å². The maximum atomic E-state index is 11.5. The molecule has 0 aliphatic carbocycles. The highest BCUT2D eigenvalue weighted by atomic mass is 16.6. The highest BCUT2D eigenvalue weighted by Gasteiger charge is 2.19. The summed E-state index contributed by atoms with van der Waals surface area (Å²) < 4.78 is 12.8. The number of aromatic amines is 1. The van der Waals surface area contributed by atoms with Crippen molar-refractivity contribution in [3.05, 3.63) is 51.3 Å². The maximum Gasteiger partial charge on any atom is 0.344 e. The van der Waals surface area contributed by atoms with Gasteiger partial charge in [0.05, 0.1) is 0 Å². The van der Waals surface area contributed by atoms with E-state index in [1.807, 2.05) is 24.3 Å². The fourth-order valence-corrected chi connectivity index (χ4v) is 2.47. The van der Waals surface area contributed by atoms with Gasteiger partial charge in [0.2, 0.25) is 0 Å². The molecule has 1 aliphatic rings. The minimum atomic E-state index is -0.478. The van der Waals surface area contributed by atoms with Gasteiger partial charge in [-0.1, -0.05) is 12.1 Å². The van der Waals surface area contributed by atoms with E-state index in [1.54, 1.807) is 0 Å². The molecule has 128 valence electrons. The molecule has 0 saturated carbocycles. The molecule has 8 nitrogen and oxygen atoms in total. The number of rotatable bonds is 7. The van der Waals surface area contributed by atoms with Crippen molar-refractivity contribution in [1.29, 1.82) is 0 Å². The Labute approximate surface area is 138 Å². The zero-order valence-corrected chi connectivity index (χ0v) is 13.2. The molecule has 1 unspecified atom stereocenters. The van der Waals surface area contributed by atoms with Crippen LogP contribution in [0.25, 0.3) is 0 Å². The monoisotopic (exact) mass is 332 g/mol. The molecule has 8 heteroatoms. The second kappa shape index (κ2) is 7.78. The van der Waals surface area contributed by atoms with Crippen molar-refractivity contribution in [2.24, 2.45) is 0 Å². The second-order valence-electron chi connectivity index (χ2n) is 5.57. The summed E-state index contributed by atoms with van der Waals surface area (Å²) in [4.78, 5) is 24.6. The number of fused-ring (bicyclic) bond motifs is 1. The lowest BCUT2D eigenvalue weighted by Gasteiger charge is -2.26. The number of hydrogen-bond acceptors (Lipinski definition) is 6. The molecule has 0 fully saturated rings. The molecule has 3 rings (SSSR count). The average molecular weight is 332 g/mol. The summed E-state index contributed by atoms with van der Waals surface area (Å²) in [7, 11) is 0. The molecule has 2 aromatic rings. The van der Waals surface area contributed by atoms with Gasteiger partial charge >= 0.3 is 5.69 Å². The Hall–Kier alpha value is -2.61. The van der Waals surface area contributed by atoms with Crippen LogP contribution in [0, 0.1) is 0 Å². The predicted molar refractivity (Wildman–Crippen MR) is 87.6 cm³/mol. The molecule has 0 spiro atoms. The van der Waals surface area contributed by atoms with Crippen LogP contribution in [-0.2, 0) is 6.54 Å². The van der Waals surface area contributed by atoms with E-state index in [0.717, 1.165) is 37.1 Å². The molecular weight excluding hydrogens is 312 g/mol. The topological polar surface area (TPSA) is 98.2 Å². The Bertz CT molecular complexity index is 786. The standard InChI is InChI=1S/C16H20N4O4/c21-15-10-18-20(16(22)19-15)8-4-3-7-17-9-12-11-23-13-5-1-2-6-14(13)24-12/h1-2,5-6,10,12,17H,3-4,7-9,11H2,(H,19,21,22). The van der Waals surface area contributed by atoms with Crippen LogP contribution >= 0.6 is 0 Å². The third kappa shape index (κ3) is 4.23. The van der Waals surface area contributed by atoms with E-state index in [1.165, 1.54) is 4.68 Å². The number of benzene rings is 1. The van der Waals surface area contributed by atoms with E-state index in [-0.39, 0.29) is 6.10 Å². The van der Waals surface area contributed by atoms with Gasteiger partial charge in [0.25, 0.3) is 5.56 Å². The number of hydrogen-bond donors (Lipinski definition) is 2. The van der Waals surface area contributed by atoms with Gasteiger partial charge in [-0.3, -0.25) is 9.78 Å². The first-order chi connectivity index (χ1) is 11.7. The summed E-state index contributed by atoms with van der Waals surface area (Å²) in [5, 5.41) is 7.12. The summed E-state index contributed by atoms with van der Waals surface area (Å²) in [6, 6.07) is 7.64. The van der Waals surface area contributed by atoms with E-state index in [4.69, 9.17) is 9.47 Å². The molecule has 0 radical (unpaired) electrons. The molecule has 0 saturated heterocycles. The van der Waals surface area contributed by atoms with Gasteiger partial charge in [-0.2, -0.15) is 5.10 Å². The quantitative estimate of drug-likeness (QED) is 0.700. The highest BCUT2D eigenvalue weighted by Crippen LogP contribution is 2.30. The molecule has 1 aromatic carbocycles. The van der Waals surface area contributed by atoms with Crippen LogP contribution in [0.3, 0.4) is 0 Å². The Balaban J connectivity index is 1.33. The number of aromatic nitrogens is 3. The molecule has 1 atom stereocenters. The van der Waals surface area contributed by atoms with E-state index in [2.05, 4.69) is 15.4 Å². The first-order valence-electron chi connectivity index (χ1n) is 7.98. The van der Waals surface area contributed by atoms with Crippen LogP contribution in [0.5, 0.6) is 11.5 Å². The van der Waals surface area contributed by atoms with Crippen LogP contribution in [0.1, 0.15) is 12.8 Å². The lowest BCUT2D eigenvalue weighted by Crippen LogP contribution is -2.38. The second-order valence-corrected chi connectivity index (χ2v) is 5.57. The molecular formula is C16H20N4O4. The van der Waals surface area contributed by atoms with Gasteiger partial charge < -0.3 is 14.8 Å². The lowest BCUT2D eigenvalue weighted by atomic mass is 10.2. The van der Waals surface area contributed by atoms with E-state index in [0.29, 0.717) is 19.7 Å². The van der Waals surface area contributed by atoms with Crippen molar-refractivity contribution < 1.29 is 9.47 Å². The van der Waals surface area contributed by atoms with Crippen LogP contribution in [0.2, 0.25) is 0 Å². The Morgan fingerprint density at radius 1 is 1.25 bits per heavy atom. The van der Waals surface area contributed by atoms with Gasteiger partial charge in [0.15, 0.2) is 11.5 Å². The largest absolute Gasteiger partial charge is 0.486 e. The van der Waals surface area contributed by atoms with Crippen LogP contribution in [-0.4, -0.2) is 40.6 Å². The maximum absolute atomic E-state index is 11.5. The van der Waals surface area contributed by atoms with E-state index in [9.17, 15) is 9.59 Å². The van der Waals surface area contributed by atoms with Crippen molar-refractivity contribution in [3.63, 3.8) is 0 Å². The minimum Gasteiger partial charge on any atom is -0.486 e. The summed E-state index contributed by atoms with van der Waals surface area (Å²) >= 11 is 0. The molecule has 0 bridgehead atoms. The summed E-state index contributed by atoms with van der Waals surface area (Å²) in [5.74, 6) is 1.56. The van der Waals surface area contributed by atoms with Gasteiger partial charge in [-0.25, -0.2) is 9.48 Å². The normalized spacial score (nSPS) is 16.1. The molecule has 2 heterocycles. The van der Waals surface area contributed by atoms with Crippen molar-refractivity contribution in [2.75, 3.05) is 19.7 Å². The molecule has 24 heavy (non-hydrogen) atoms. The van der Waals surface area contributed by atoms with Crippen molar-refractivity contribution in [1.82, 2.24) is 20.1 Å². The number of nitrogens with one attached hydrogen (secondary N) is 2. The number of ether oxygens (including phenoxy) is 2. The lowest BCUT2D eigenvalue weighted by molar-refractivity contribution is 0.0905. The zero-order valence-electron chi connectivity index (χ0n) is 13.2. The first-order valence-corrected chi connectivity index (χ1v) is 7.98.